The monoisotopic (exact) mass is 474 g/mol. The molecular weight excluding hydrogens is 436 g/mol. The molecule has 5 heteroatoms. The van der Waals surface area contributed by atoms with Gasteiger partial charge < -0.3 is 15.4 Å². The molecule has 2 aromatic rings. The van der Waals surface area contributed by atoms with E-state index in [1.807, 2.05) is 49.4 Å². The van der Waals surface area contributed by atoms with Gasteiger partial charge in [-0.25, -0.2) is 0 Å². The first-order valence-corrected chi connectivity index (χ1v) is 12.7. The zero-order chi connectivity index (χ0) is 25.0. The van der Waals surface area contributed by atoms with Crippen LogP contribution in [0.5, 0.6) is 0 Å². The van der Waals surface area contributed by atoms with Gasteiger partial charge in [-0.1, -0.05) is 62.3 Å². The Morgan fingerprint density at radius 3 is 2.57 bits per heavy atom. The van der Waals surface area contributed by atoms with E-state index >= 15 is 0 Å². The van der Waals surface area contributed by atoms with Gasteiger partial charge in [-0.15, -0.1) is 0 Å². The second-order valence-corrected chi connectivity index (χ2v) is 9.02. The maximum absolute atomic E-state index is 13.1. The lowest BCUT2D eigenvalue weighted by molar-refractivity contribution is 0.0935. The van der Waals surface area contributed by atoms with Crippen molar-refractivity contribution in [3.8, 4) is 0 Å². The molecule has 186 valence electrons. The highest BCUT2D eigenvalue weighted by atomic mass is 16.5. The molecule has 0 heterocycles. The first-order valence-electron chi connectivity index (χ1n) is 12.7. The van der Waals surface area contributed by atoms with E-state index in [0.29, 0.717) is 30.7 Å². The van der Waals surface area contributed by atoms with Gasteiger partial charge in [-0.3, -0.25) is 9.59 Å². The molecule has 1 aliphatic rings. The van der Waals surface area contributed by atoms with Gasteiger partial charge in [-0.2, -0.15) is 0 Å². The number of carbonyl (C=O) groups excluding carboxylic acids is 2. The van der Waals surface area contributed by atoms with Crippen LogP contribution in [0.2, 0.25) is 0 Å². The summed E-state index contributed by atoms with van der Waals surface area (Å²) < 4.78 is 5.29. The molecule has 0 saturated heterocycles. The molecule has 1 fully saturated rings. The van der Waals surface area contributed by atoms with E-state index < -0.39 is 0 Å². The van der Waals surface area contributed by atoms with Crippen molar-refractivity contribution in [1.82, 2.24) is 10.6 Å². The van der Waals surface area contributed by atoms with Gasteiger partial charge in [-0.05, 0) is 73.1 Å². The van der Waals surface area contributed by atoms with Crippen LogP contribution < -0.4 is 10.6 Å². The minimum absolute atomic E-state index is 0.0421. The fourth-order valence-electron chi connectivity index (χ4n) is 4.53. The van der Waals surface area contributed by atoms with Crippen molar-refractivity contribution in [2.45, 2.75) is 65.0 Å². The highest BCUT2D eigenvalue weighted by Gasteiger charge is 2.18. The van der Waals surface area contributed by atoms with Crippen molar-refractivity contribution >= 4 is 17.4 Å². The van der Waals surface area contributed by atoms with Crippen LogP contribution in [-0.4, -0.2) is 31.6 Å². The van der Waals surface area contributed by atoms with Crippen LogP contribution in [0, 0.1) is 0 Å². The lowest BCUT2D eigenvalue weighted by Crippen LogP contribution is -2.32. The van der Waals surface area contributed by atoms with E-state index in [0.717, 1.165) is 41.5 Å². The summed E-state index contributed by atoms with van der Waals surface area (Å²) in [6, 6.07) is 13.7. The van der Waals surface area contributed by atoms with Crippen LogP contribution >= 0.6 is 0 Å². The molecule has 0 aliphatic heterocycles. The molecule has 0 radical (unpaired) electrons. The number of methoxy groups -OCH3 is 1. The number of hydrogen-bond acceptors (Lipinski definition) is 3. The molecule has 2 aromatic carbocycles. The van der Waals surface area contributed by atoms with Crippen LogP contribution in [0.25, 0.3) is 5.57 Å². The van der Waals surface area contributed by atoms with Gasteiger partial charge in [0.15, 0.2) is 0 Å². The molecule has 0 unspecified atom stereocenters. The molecule has 0 atom stereocenters. The van der Waals surface area contributed by atoms with E-state index in [-0.39, 0.29) is 17.9 Å². The summed E-state index contributed by atoms with van der Waals surface area (Å²) >= 11 is 0. The molecule has 5 nitrogen and oxygen atoms in total. The van der Waals surface area contributed by atoms with Crippen LogP contribution in [0.15, 0.2) is 60.7 Å². The number of allylic oxidation sites excluding steroid dienone is 4. The maximum Gasteiger partial charge on any atom is 0.251 e. The minimum atomic E-state index is -0.129. The number of nitrogens with one attached hydrogen (secondary N) is 2. The molecule has 3 rings (SSSR count). The lowest BCUT2D eigenvalue weighted by atomic mass is 9.96. The van der Waals surface area contributed by atoms with E-state index in [4.69, 9.17) is 4.74 Å². The molecule has 1 saturated carbocycles. The first kappa shape index (κ1) is 26.4. The molecule has 0 aromatic heterocycles. The topological polar surface area (TPSA) is 67.4 Å². The Balaban J connectivity index is 1.72. The van der Waals surface area contributed by atoms with Gasteiger partial charge in [0.1, 0.15) is 0 Å². The average molecular weight is 475 g/mol. The van der Waals surface area contributed by atoms with Crippen molar-refractivity contribution in [2.24, 2.45) is 0 Å². The summed E-state index contributed by atoms with van der Waals surface area (Å²) in [5.41, 5.74) is 5.37. The third-order valence-corrected chi connectivity index (χ3v) is 6.36. The predicted molar refractivity (Wildman–Crippen MR) is 142 cm³/mol. The van der Waals surface area contributed by atoms with Crippen molar-refractivity contribution in [3.63, 3.8) is 0 Å². The molecule has 2 N–H and O–H groups in total. The van der Waals surface area contributed by atoms with Gasteiger partial charge in [0.05, 0.1) is 6.61 Å². The summed E-state index contributed by atoms with van der Waals surface area (Å²) in [6.45, 7) is 5.02. The Morgan fingerprint density at radius 2 is 1.86 bits per heavy atom. The number of carbonyl (C=O) groups is 2. The summed E-state index contributed by atoms with van der Waals surface area (Å²) in [5.74, 6) is -0.171. The van der Waals surface area contributed by atoms with Crippen LogP contribution in [0.1, 0.15) is 83.4 Å². The first-order chi connectivity index (χ1) is 17.0. The smallest absolute Gasteiger partial charge is 0.251 e. The van der Waals surface area contributed by atoms with Crippen molar-refractivity contribution in [2.75, 3.05) is 13.7 Å². The normalized spacial score (nSPS) is 14.4. The molecule has 0 bridgehead atoms. The second-order valence-electron chi connectivity index (χ2n) is 9.02. The molecule has 1 aliphatic carbocycles. The SMILES string of the molecule is C/C=C\C(=C/CC)c1ccc(C(=O)NCc2cccc(C(=O)NC3CCCC3)c2)c(CCOC)c1. The Bertz CT molecular complexity index is 1070. The highest BCUT2D eigenvalue weighted by molar-refractivity contribution is 5.96. The van der Waals surface area contributed by atoms with E-state index in [1.54, 1.807) is 7.11 Å². The maximum atomic E-state index is 13.1. The number of rotatable bonds is 11. The van der Waals surface area contributed by atoms with Crippen molar-refractivity contribution in [1.29, 1.82) is 0 Å². The van der Waals surface area contributed by atoms with Gasteiger partial charge in [0, 0.05) is 30.8 Å². The van der Waals surface area contributed by atoms with Crippen LogP contribution in [-0.2, 0) is 17.7 Å². The average Bonchev–Trinajstić information content (AvgIpc) is 3.39. The fraction of sp³-hybridized carbons (Fsp3) is 0.400. The summed E-state index contributed by atoms with van der Waals surface area (Å²) in [7, 11) is 1.67. The Kier molecular flexibility index (Phi) is 10.3. The van der Waals surface area contributed by atoms with Gasteiger partial charge in [0.25, 0.3) is 11.8 Å². The molecule has 35 heavy (non-hydrogen) atoms. The van der Waals surface area contributed by atoms with Crippen LogP contribution in [0.4, 0.5) is 0 Å². The minimum Gasteiger partial charge on any atom is -0.384 e. The number of hydrogen-bond donors (Lipinski definition) is 2. The molecular formula is C30H38N2O3. The van der Waals surface area contributed by atoms with Crippen molar-refractivity contribution in [3.05, 3.63) is 88.5 Å². The standard InChI is InChI=1S/C30H38N2O3/c1-4-9-23(10-5-2)24-15-16-28(25(20-24)17-18-35-3)30(34)31-21-22-11-8-12-26(19-22)29(33)32-27-13-6-7-14-27/h4,8-12,15-16,19-20,27H,5-7,13-14,17-18,21H2,1-3H3,(H,31,34)(H,32,33)/b9-4-,23-10+. The fourth-order valence-corrected chi connectivity index (χ4v) is 4.53. The summed E-state index contributed by atoms with van der Waals surface area (Å²) in [4.78, 5) is 25.7. The third kappa shape index (κ3) is 7.66. The van der Waals surface area contributed by atoms with E-state index in [1.165, 1.54) is 12.8 Å². The second kappa shape index (κ2) is 13.6. The van der Waals surface area contributed by atoms with E-state index in [2.05, 4.69) is 35.8 Å². The zero-order valence-corrected chi connectivity index (χ0v) is 21.2. The van der Waals surface area contributed by atoms with Crippen LogP contribution in [0.3, 0.4) is 0 Å². The van der Waals surface area contributed by atoms with Crippen molar-refractivity contribution < 1.29 is 14.3 Å². The number of ether oxygens (including phenoxy) is 1. The number of amides is 2. The Hall–Kier alpha value is -3.18. The van der Waals surface area contributed by atoms with Gasteiger partial charge in [0.2, 0.25) is 0 Å². The predicted octanol–water partition coefficient (Wildman–Crippen LogP) is 5.85. The molecule has 0 spiro atoms. The van der Waals surface area contributed by atoms with Gasteiger partial charge >= 0.3 is 0 Å². The number of benzene rings is 2. The lowest BCUT2D eigenvalue weighted by Gasteiger charge is -2.14. The largest absolute Gasteiger partial charge is 0.384 e. The molecule has 2 amide bonds. The highest BCUT2D eigenvalue weighted by Crippen LogP contribution is 2.22. The van der Waals surface area contributed by atoms with E-state index in [9.17, 15) is 9.59 Å². The zero-order valence-electron chi connectivity index (χ0n) is 21.2. The summed E-state index contributed by atoms with van der Waals surface area (Å²) in [6.07, 6.45) is 12.4. The Labute approximate surface area is 209 Å². The summed E-state index contributed by atoms with van der Waals surface area (Å²) in [5, 5.41) is 6.16. The third-order valence-electron chi connectivity index (χ3n) is 6.36. The Morgan fingerprint density at radius 1 is 1.06 bits per heavy atom. The quantitative estimate of drug-likeness (QED) is 0.402.